The minimum absolute atomic E-state index is 0.0777. The maximum Gasteiger partial charge on any atom is 0.414 e. The van der Waals surface area contributed by atoms with Gasteiger partial charge in [-0.15, -0.1) is 0 Å². The molecule has 1 fully saturated rings. The van der Waals surface area contributed by atoms with Crippen molar-refractivity contribution in [1.82, 2.24) is 10.4 Å². The maximum atomic E-state index is 11.9. The molecule has 0 aromatic heterocycles. The average Bonchev–Trinajstić information content (AvgIpc) is 2.59. The molecular formula is C9H19N5O3. The van der Waals surface area contributed by atoms with Crippen LogP contribution < -0.4 is 16.9 Å². The average molecular weight is 245 g/mol. The summed E-state index contributed by atoms with van der Waals surface area (Å²) in [5.74, 6) is -0.302. The molecule has 6 N–H and O–H groups in total. The smallest absolute Gasteiger partial charge is 0.414 e. The Morgan fingerprint density at radius 1 is 1.65 bits per heavy atom. The molecule has 17 heavy (non-hydrogen) atoms. The molecule has 1 heterocycles. The van der Waals surface area contributed by atoms with Crippen molar-refractivity contribution in [1.29, 1.82) is 5.41 Å². The molecule has 0 aliphatic carbocycles. The maximum absolute atomic E-state index is 11.9. The fraction of sp³-hybridized carbons (Fsp3) is 0.778. The first-order valence-electron chi connectivity index (χ1n) is 5.17. The van der Waals surface area contributed by atoms with E-state index in [2.05, 4.69) is 5.48 Å². The molecule has 0 spiro atoms. The van der Waals surface area contributed by atoms with E-state index in [-0.39, 0.29) is 19.1 Å². The number of carbonyl (C=O) groups is 1. The molecule has 8 nitrogen and oxygen atoms in total. The first-order valence-corrected chi connectivity index (χ1v) is 5.17. The van der Waals surface area contributed by atoms with Gasteiger partial charge in [-0.2, -0.15) is 5.48 Å². The highest BCUT2D eigenvalue weighted by Gasteiger charge is 2.48. The van der Waals surface area contributed by atoms with E-state index in [1.165, 1.54) is 0 Å². The predicted octanol–water partition coefficient (Wildman–Crippen LogP) is -0.693. The summed E-state index contributed by atoms with van der Waals surface area (Å²) in [7, 11) is 0. The first kappa shape index (κ1) is 13.7. The van der Waals surface area contributed by atoms with Gasteiger partial charge in [-0.05, 0) is 20.8 Å². The topological polar surface area (TPSA) is 127 Å². The van der Waals surface area contributed by atoms with Crippen molar-refractivity contribution in [2.45, 2.75) is 32.0 Å². The zero-order chi connectivity index (χ0) is 13.3. The van der Waals surface area contributed by atoms with E-state index in [1.54, 1.807) is 20.8 Å². The third-order valence-electron chi connectivity index (χ3n) is 2.25. The van der Waals surface area contributed by atoms with Gasteiger partial charge in [0.15, 0.2) is 5.66 Å². The number of ether oxygens (including phenoxy) is 1. The zero-order valence-electron chi connectivity index (χ0n) is 10.2. The Morgan fingerprint density at radius 2 is 2.24 bits per heavy atom. The van der Waals surface area contributed by atoms with Gasteiger partial charge in [-0.3, -0.25) is 15.1 Å². The molecule has 1 atom stereocenters. The van der Waals surface area contributed by atoms with Crippen LogP contribution in [0.5, 0.6) is 0 Å². The molecule has 1 aliphatic heterocycles. The molecule has 0 aromatic carbocycles. The Labute approximate surface area is 99.7 Å². The number of nitrogens with zero attached hydrogens (tertiary/aromatic N) is 1. The van der Waals surface area contributed by atoms with Gasteiger partial charge in [0.1, 0.15) is 18.2 Å². The van der Waals surface area contributed by atoms with Gasteiger partial charge in [0.25, 0.3) is 0 Å². The summed E-state index contributed by atoms with van der Waals surface area (Å²) in [6.45, 7) is 5.07. The summed E-state index contributed by atoms with van der Waals surface area (Å²) in [4.78, 5) is 18.0. The normalized spacial score (nSPS) is 24.8. The van der Waals surface area contributed by atoms with Gasteiger partial charge >= 0.3 is 6.09 Å². The Kier molecular flexibility index (Phi) is 3.60. The third-order valence-corrected chi connectivity index (χ3v) is 2.25. The minimum atomic E-state index is -1.33. The van der Waals surface area contributed by atoms with Crippen LogP contribution in [0.2, 0.25) is 0 Å². The van der Waals surface area contributed by atoms with E-state index < -0.39 is 17.4 Å². The SMILES string of the molecule is CC(C)(C)OC(=O)N1CONC1(CN)C(=N)N. The van der Waals surface area contributed by atoms with Crippen molar-refractivity contribution < 1.29 is 14.4 Å². The van der Waals surface area contributed by atoms with E-state index >= 15 is 0 Å². The van der Waals surface area contributed by atoms with Gasteiger partial charge < -0.3 is 16.2 Å². The van der Waals surface area contributed by atoms with Crippen LogP contribution >= 0.6 is 0 Å². The van der Waals surface area contributed by atoms with Crippen LogP contribution in [0.15, 0.2) is 0 Å². The van der Waals surface area contributed by atoms with Crippen LogP contribution in [0.4, 0.5) is 4.79 Å². The van der Waals surface area contributed by atoms with Gasteiger partial charge in [-0.1, -0.05) is 0 Å². The van der Waals surface area contributed by atoms with E-state index in [9.17, 15) is 4.79 Å². The molecule has 0 aromatic rings. The standard InChI is InChI=1S/C9H19N5O3/c1-8(2,3)17-7(15)14-5-16-13-9(14,4-10)6(11)12/h13H,4-5,10H2,1-3H3,(H3,11,12). The molecule has 0 saturated carbocycles. The summed E-state index contributed by atoms with van der Waals surface area (Å²) in [6.07, 6.45) is -0.636. The Balaban J connectivity index is 2.89. The first-order chi connectivity index (χ1) is 7.73. The lowest BCUT2D eigenvalue weighted by atomic mass is 10.1. The fourth-order valence-corrected chi connectivity index (χ4v) is 1.37. The second-order valence-electron chi connectivity index (χ2n) is 4.76. The van der Waals surface area contributed by atoms with Crippen LogP contribution in [0.3, 0.4) is 0 Å². The Morgan fingerprint density at radius 3 is 2.65 bits per heavy atom. The van der Waals surface area contributed by atoms with Crippen LogP contribution in [-0.4, -0.2) is 41.4 Å². The molecule has 8 heteroatoms. The second kappa shape index (κ2) is 4.47. The Bertz CT molecular complexity index is 327. The predicted molar refractivity (Wildman–Crippen MR) is 60.9 cm³/mol. The lowest BCUT2D eigenvalue weighted by Crippen LogP contribution is -2.66. The second-order valence-corrected chi connectivity index (χ2v) is 4.76. The van der Waals surface area contributed by atoms with Gasteiger partial charge in [-0.25, -0.2) is 4.79 Å². The number of rotatable bonds is 2. The highest BCUT2D eigenvalue weighted by atomic mass is 16.7. The molecule has 0 radical (unpaired) electrons. The van der Waals surface area contributed by atoms with Gasteiger partial charge in [0.2, 0.25) is 0 Å². The van der Waals surface area contributed by atoms with Crippen LogP contribution in [0.25, 0.3) is 0 Å². The highest BCUT2D eigenvalue weighted by Crippen LogP contribution is 2.20. The molecule has 1 amide bonds. The number of amidine groups is 1. The van der Waals surface area contributed by atoms with Crippen molar-refractivity contribution in [2.24, 2.45) is 11.5 Å². The number of carbonyl (C=O) groups excluding carboxylic acids is 1. The highest BCUT2D eigenvalue weighted by molar-refractivity contribution is 5.90. The summed E-state index contributed by atoms with van der Waals surface area (Å²) < 4.78 is 5.19. The van der Waals surface area contributed by atoms with Crippen molar-refractivity contribution in [2.75, 3.05) is 13.3 Å². The lowest BCUT2D eigenvalue weighted by Gasteiger charge is -2.34. The monoisotopic (exact) mass is 245 g/mol. The molecule has 1 aliphatic rings. The molecule has 1 saturated heterocycles. The van der Waals surface area contributed by atoms with Gasteiger partial charge in [0, 0.05) is 6.54 Å². The summed E-state index contributed by atoms with van der Waals surface area (Å²) in [5, 5.41) is 7.50. The van der Waals surface area contributed by atoms with E-state index in [4.69, 9.17) is 26.5 Å². The summed E-state index contributed by atoms with van der Waals surface area (Å²) in [5.41, 5.74) is 11.5. The molecular weight excluding hydrogens is 226 g/mol. The third kappa shape index (κ3) is 2.65. The van der Waals surface area contributed by atoms with Crippen molar-refractivity contribution in [3.05, 3.63) is 0 Å². The zero-order valence-corrected chi connectivity index (χ0v) is 10.2. The Hall–Kier alpha value is -1.38. The number of hydrogen-bond donors (Lipinski definition) is 4. The van der Waals surface area contributed by atoms with Crippen molar-refractivity contribution in [3.8, 4) is 0 Å². The van der Waals surface area contributed by atoms with Crippen LogP contribution in [-0.2, 0) is 9.57 Å². The molecule has 0 bridgehead atoms. The summed E-state index contributed by atoms with van der Waals surface area (Å²) in [6, 6.07) is 0. The molecule has 98 valence electrons. The summed E-state index contributed by atoms with van der Waals surface area (Å²) >= 11 is 0. The lowest BCUT2D eigenvalue weighted by molar-refractivity contribution is 0.0121. The fourth-order valence-electron chi connectivity index (χ4n) is 1.37. The van der Waals surface area contributed by atoms with Crippen LogP contribution in [0, 0.1) is 5.41 Å². The van der Waals surface area contributed by atoms with Crippen molar-refractivity contribution >= 4 is 11.9 Å². The van der Waals surface area contributed by atoms with Crippen molar-refractivity contribution in [3.63, 3.8) is 0 Å². The quantitative estimate of drug-likeness (QED) is 0.376. The van der Waals surface area contributed by atoms with Crippen LogP contribution in [0.1, 0.15) is 20.8 Å². The van der Waals surface area contributed by atoms with E-state index in [0.717, 1.165) is 4.90 Å². The largest absolute Gasteiger partial charge is 0.444 e. The number of nitrogens with one attached hydrogen (secondary N) is 2. The van der Waals surface area contributed by atoms with Gasteiger partial charge in [0.05, 0.1) is 0 Å². The number of hydroxylamine groups is 1. The molecule has 1 unspecified atom stereocenters. The minimum Gasteiger partial charge on any atom is -0.444 e. The number of amides is 1. The number of hydrogen-bond acceptors (Lipinski definition) is 6. The number of nitrogens with two attached hydrogens (primary N) is 2. The van der Waals surface area contributed by atoms with E-state index in [0.29, 0.717) is 0 Å². The van der Waals surface area contributed by atoms with E-state index in [1.807, 2.05) is 0 Å². The molecule has 1 rings (SSSR count).